The lowest BCUT2D eigenvalue weighted by atomic mass is 9.98. The van der Waals surface area contributed by atoms with Crippen molar-refractivity contribution in [1.82, 2.24) is 9.88 Å². The number of nitrogens with zero attached hydrogens (tertiary/aromatic N) is 2. The van der Waals surface area contributed by atoms with Gasteiger partial charge in [-0.05, 0) is 31.7 Å². The number of carbonyl (C=O) groups excluding carboxylic acids is 1. The summed E-state index contributed by atoms with van der Waals surface area (Å²) in [5.41, 5.74) is 4.55. The number of methoxy groups -OCH3 is 1. The zero-order valence-corrected chi connectivity index (χ0v) is 12.1. The number of rotatable bonds is 4. The van der Waals surface area contributed by atoms with Gasteiger partial charge < -0.3 is 15.1 Å². The Hall–Kier alpha value is -1.66. The second-order valence-electron chi connectivity index (χ2n) is 5.23. The summed E-state index contributed by atoms with van der Waals surface area (Å²) in [7, 11) is 1.70. The highest BCUT2D eigenvalue weighted by atomic mass is 16.5. The van der Waals surface area contributed by atoms with Crippen LogP contribution in [-0.2, 0) is 4.74 Å². The number of carbonyl (C=O) groups is 1. The van der Waals surface area contributed by atoms with Gasteiger partial charge >= 0.3 is 0 Å². The van der Waals surface area contributed by atoms with Gasteiger partial charge in [0, 0.05) is 32.1 Å². The number of hydrogen-bond acceptors (Lipinski definition) is 5. The summed E-state index contributed by atoms with van der Waals surface area (Å²) < 4.78 is 5.19. The molecule has 6 heteroatoms. The summed E-state index contributed by atoms with van der Waals surface area (Å²) >= 11 is 0. The molecule has 0 spiro atoms. The molecule has 1 amide bonds. The predicted octanol–water partition coefficient (Wildman–Crippen LogP) is 1.17. The van der Waals surface area contributed by atoms with Gasteiger partial charge in [-0.15, -0.1) is 0 Å². The minimum absolute atomic E-state index is 0.0220. The van der Waals surface area contributed by atoms with Gasteiger partial charge in [-0.2, -0.15) is 0 Å². The molecule has 1 saturated heterocycles. The van der Waals surface area contributed by atoms with E-state index in [4.69, 9.17) is 10.6 Å². The van der Waals surface area contributed by atoms with Gasteiger partial charge in [-0.3, -0.25) is 15.6 Å². The molecular weight excluding hydrogens is 256 g/mol. The monoisotopic (exact) mass is 278 g/mol. The van der Waals surface area contributed by atoms with Gasteiger partial charge in [0.05, 0.1) is 17.9 Å². The average Bonchev–Trinajstić information content (AvgIpc) is 2.47. The molecule has 1 unspecified atom stereocenters. The van der Waals surface area contributed by atoms with Gasteiger partial charge in [0.15, 0.2) is 0 Å². The van der Waals surface area contributed by atoms with E-state index in [1.54, 1.807) is 19.4 Å². The molecule has 110 valence electrons. The van der Waals surface area contributed by atoms with E-state index in [1.165, 1.54) is 0 Å². The highest BCUT2D eigenvalue weighted by Gasteiger charge is 2.26. The number of aryl methyl sites for hydroxylation is 1. The van der Waals surface area contributed by atoms with E-state index in [-0.39, 0.29) is 5.91 Å². The maximum Gasteiger partial charge on any atom is 0.257 e. The maximum absolute atomic E-state index is 12.6. The van der Waals surface area contributed by atoms with Crippen molar-refractivity contribution in [3.8, 4) is 0 Å². The summed E-state index contributed by atoms with van der Waals surface area (Å²) in [6.45, 7) is 4.06. The summed E-state index contributed by atoms with van der Waals surface area (Å²) in [6, 6.07) is 1.78. The van der Waals surface area contributed by atoms with Crippen LogP contribution < -0.4 is 11.3 Å². The van der Waals surface area contributed by atoms with Crippen LogP contribution in [0.4, 0.5) is 5.69 Å². The van der Waals surface area contributed by atoms with Crippen LogP contribution in [0.3, 0.4) is 0 Å². The van der Waals surface area contributed by atoms with Crippen molar-refractivity contribution < 1.29 is 9.53 Å². The first-order chi connectivity index (χ1) is 9.65. The van der Waals surface area contributed by atoms with Crippen molar-refractivity contribution in [3.05, 3.63) is 23.5 Å². The molecule has 0 aromatic carbocycles. The third kappa shape index (κ3) is 3.26. The molecule has 1 fully saturated rings. The molecule has 0 saturated carbocycles. The first-order valence-corrected chi connectivity index (χ1v) is 6.87. The molecule has 0 aliphatic carbocycles. The number of aromatic nitrogens is 1. The molecule has 2 heterocycles. The van der Waals surface area contributed by atoms with Crippen LogP contribution in [0.2, 0.25) is 0 Å². The quantitative estimate of drug-likeness (QED) is 0.638. The Morgan fingerprint density at radius 3 is 3.15 bits per heavy atom. The highest BCUT2D eigenvalue weighted by Crippen LogP contribution is 2.22. The third-order valence-electron chi connectivity index (χ3n) is 3.64. The number of nitrogens with one attached hydrogen (secondary N) is 1. The SMILES string of the molecule is COCC1CCCN(C(=O)c2cnc(C)cc2NN)C1. The van der Waals surface area contributed by atoms with Gasteiger partial charge in [-0.25, -0.2) is 0 Å². The number of piperidine rings is 1. The standard InChI is InChI=1S/C14H22N4O2/c1-10-6-13(17-15)12(7-16-10)14(19)18-5-3-4-11(8-18)9-20-2/h6-7,11H,3-5,8-9,15H2,1-2H3,(H,16,17). The second kappa shape index (κ2) is 6.67. The number of ether oxygens (including phenoxy) is 1. The van der Waals surface area contributed by atoms with Gasteiger partial charge in [-0.1, -0.05) is 0 Å². The average molecular weight is 278 g/mol. The Morgan fingerprint density at radius 2 is 2.45 bits per heavy atom. The first-order valence-electron chi connectivity index (χ1n) is 6.87. The first kappa shape index (κ1) is 14.7. The Bertz CT molecular complexity index is 476. The molecule has 1 aromatic rings. The minimum Gasteiger partial charge on any atom is -0.384 e. The van der Waals surface area contributed by atoms with Crippen molar-refractivity contribution in [1.29, 1.82) is 0 Å². The molecule has 20 heavy (non-hydrogen) atoms. The van der Waals surface area contributed by atoms with Crippen molar-refractivity contribution in [2.75, 3.05) is 32.2 Å². The summed E-state index contributed by atoms with van der Waals surface area (Å²) in [4.78, 5) is 18.6. The van der Waals surface area contributed by atoms with Crippen molar-refractivity contribution in [2.45, 2.75) is 19.8 Å². The third-order valence-corrected chi connectivity index (χ3v) is 3.64. The Morgan fingerprint density at radius 1 is 1.65 bits per heavy atom. The predicted molar refractivity (Wildman–Crippen MR) is 77.3 cm³/mol. The molecule has 1 aliphatic rings. The largest absolute Gasteiger partial charge is 0.384 e. The number of nitrogens with two attached hydrogens (primary N) is 1. The molecule has 6 nitrogen and oxygen atoms in total. The summed E-state index contributed by atoms with van der Waals surface area (Å²) in [6.07, 6.45) is 3.70. The lowest BCUT2D eigenvalue weighted by Crippen LogP contribution is -2.41. The van der Waals surface area contributed by atoms with Crippen LogP contribution in [0.25, 0.3) is 0 Å². The lowest BCUT2D eigenvalue weighted by Gasteiger charge is -2.32. The fourth-order valence-electron chi connectivity index (χ4n) is 2.64. The Labute approximate surface area is 119 Å². The zero-order chi connectivity index (χ0) is 14.5. The van der Waals surface area contributed by atoms with Crippen LogP contribution in [0, 0.1) is 12.8 Å². The van der Waals surface area contributed by atoms with Crippen LogP contribution in [-0.4, -0.2) is 42.6 Å². The van der Waals surface area contributed by atoms with Gasteiger partial charge in [0.25, 0.3) is 5.91 Å². The molecule has 1 atom stereocenters. The maximum atomic E-state index is 12.6. The van der Waals surface area contributed by atoms with E-state index < -0.39 is 0 Å². The fourth-order valence-corrected chi connectivity index (χ4v) is 2.64. The summed E-state index contributed by atoms with van der Waals surface area (Å²) in [5, 5.41) is 0. The van der Waals surface area contributed by atoms with Crippen molar-refractivity contribution >= 4 is 11.6 Å². The number of nitrogen functional groups attached to an aromatic ring is 1. The Kier molecular flexibility index (Phi) is 4.92. The van der Waals surface area contributed by atoms with Gasteiger partial charge in [0.1, 0.15) is 0 Å². The van der Waals surface area contributed by atoms with E-state index >= 15 is 0 Å². The number of likely N-dealkylation sites (tertiary alicyclic amines) is 1. The number of hydrazine groups is 1. The van der Waals surface area contributed by atoms with E-state index in [0.717, 1.165) is 31.6 Å². The molecular formula is C14H22N4O2. The van der Waals surface area contributed by atoms with E-state index in [0.29, 0.717) is 23.8 Å². The van der Waals surface area contributed by atoms with Crippen molar-refractivity contribution in [3.63, 3.8) is 0 Å². The van der Waals surface area contributed by atoms with Gasteiger partial charge in [0.2, 0.25) is 0 Å². The smallest absolute Gasteiger partial charge is 0.257 e. The van der Waals surface area contributed by atoms with E-state index in [9.17, 15) is 4.79 Å². The molecule has 0 bridgehead atoms. The van der Waals surface area contributed by atoms with Crippen LogP contribution in [0.15, 0.2) is 12.3 Å². The second-order valence-corrected chi connectivity index (χ2v) is 5.23. The molecule has 0 radical (unpaired) electrons. The number of anilines is 1. The number of hydrogen-bond donors (Lipinski definition) is 2. The van der Waals surface area contributed by atoms with E-state index in [2.05, 4.69) is 10.4 Å². The molecule has 2 rings (SSSR count). The molecule has 1 aromatic heterocycles. The zero-order valence-electron chi connectivity index (χ0n) is 12.1. The topological polar surface area (TPSA) is 80.5 Å². The molecule has 1 aliphatic heterocycles. The van der Waals surface area contributed by atoms with E-state index in [1.807, 2.05) is 11.8 Å². The fraction of sp³-hybridized carbons (Fsp3) is 0.571. The summed E-state index contributed by atoms with van der Waals surface area (Å²) in [5.74, 6) is 5.88. The number of pyridine rings is 1. The Balaban J connectivity index is 2.14. The van der Waals surface area contributed by atoms with Crippen LogP contribution >= 0.6 is 0 Å². The van der Waals surface area contributed by atoms with Crippen LogP contribution in [0.1, 0.15) is 28.9 Å². The number of amides is 1. The van der Waals surface area contributed by atoms with Crippen molar-refractivity contribution in [2.24, 2.45) is 11.8 Å². The molecule has 3 N–H and O–H groups in total. The minimum atomic E-state index is -0.0220. The highest BCUT2D eigenvalue weighted by molar-refractivity contribution is 5.99. The normalized spacial score (nSPS) is 18.9. The van der Waals surface area contributed by atoms with Crippen LogP contribution in [0.5, 0.6) is 0 Å². The lowest BCUT2D eigenvalue weighted by molar-refractivity contribution is 0.0571.